The number of aromatic nitrogens is 2. The summed E-state index contributed by atoms with van der Waals surface area (Å²) < 4.78 is 1.73. The molecule has 2 aromatic rings. The Morgan fingerprint density at radius 1 is 1.29 bits per heavy atom. The van der Waals surface area contributed by atoms with E-state index in [4.69, 9.17) is 0 Å². The largest absolute Gasteiger partial charge is 0.340 e. The maximum Gasteiger partial charge on any atom is 0.244 e. The molecule has 0 saturated carbocycles. The van der Waals surface area contributed by atoms with Gasteiger partial charge in [-0.25, -0.2) is 0 Å². The van der Waals surface area contributed by atoms with Gasteiger partial charge >= 0.3 is 0 Å². The molecule has 24 heavy (non-hydrogen) atoms. The number of benzene rings is 1. The number of nitrogens with zero attached hydrogens (tertiary/aromatic N) is 4. The molecule has 128 valence electrons. The summed E-state index contributed by atoms with van der Waals surface area (Å²) in [6, 6.07) is 12.9. The van der Waals surface area contributed by atoms with Gasteiger partial charge in [-0.15, -0.1) is 0 Å². The second-order valence-electron chi connectivity index (χ2n) is 6.69. The van der Waals surface area contributed by atoms with E-state index in [0.29, 0.717) is 12.6 Å². The second-order valence-corrected chi connectivity index (χ2v) is 6.69. The van der Waals surface area contributed by atoms with Gasteiger partial charge in [0.15, 0.2) is 0 Å². The van der Waals surface area contributed by atoms with E-state index in [1.165, 1.54) is 5.56 Å². The lowest BCUT2D eigenvalue weighted by Gasteiger charge is -2.37. The van der Waals surface area contributed by atoms with Crippen molar-refractivity contribution < 1.29 is 4.79 Å². The molecule has 0 N–H and O–H groups in total. The Hall–Kier alpha value is -2.14. The van der Waals surface area contributed by atoms with Crippen molar-refractivity contribution in [3.63, 3.8) is 0 Å². The van der Waals surface area contributed by atoms with Crippen LogP contribution in [0.2, 0.25) is 0 Å². The molecule has 1 aromatic heterocycles. The minimum atomic E-state index is 0.163. The molecule has 5 heteroatoms. The van der Waals surface area contributed by atoms with Gasteiger partial charge in [-0.2, -0.15) is 5.10 Å². The standard InChI is InChI=1S/C19H26N4O/c1-16-10-12-23(20-16)15-19(24)22-11-6-9-18(14-22)21(2)13-17-7-4-3-5-8-17/h3-5,7-8,10,12,18H,6,9,11,13-15H2,1-2H3/t18-/m0/s1. The van der Waals surface area contributed by atoms with Gasteiger partial charge in [0.25, 0.3) is 0 Å². The highest BCUT2D eigenvalue weighted by atomic mass is 16.2. The van der Waals surface area contributed by atoms with Gasteiger partial charge in [-0.1, -0.05) is 30.3 Å². The van der Waals surface area contributed by atoms with Crippen LogP contribution in [-0.2, 0) is 17.9 Å². The minimum Gasteiger partial charge on any atom is -0.340 e. The average Bonchev–Trinajstić information content (AvgIpc) is 3.00. The molecule has 0 bridgehead atoms. The zero-order valence-corrected chi connectivity index (χ0v) is 14.6. The monoisotopic (exact) mass is 326 g/mol. The third-order valence-corrected chi connectivity index (χ3v) is 4.72. The molecule has 0 radical (unpaired) electrons. The number of hydrogen-bond donors (Lipinski definition) is 0. The number of piperidine rings is 1. The number of carbonyl (C=O) groups excluding carboxylic acids is 1. The molecular formula is C19H26N4O. The summed E-state index contributed by atoms with van der Waals surface area (Å²) in [5.74, 6) is 0.163. The first-order chi connectivity index (χ1) is 11.6. The fourth-order valence-corrected chi connectivity index (χ4v) is 3.33. The van der Waals surface area contributed by atoms with E-state index in [1.54, 1.807) is 4.68 Å². The van der Waals surface area contributed by atoms with Crippen molar-refractivity contribution in [2.45, 2.75) is 38.9 Å². The summed E-state index contributed by atoms with van der Waals surface area (Å²) in [7, 11) is 2.16. The number of hydrogen-bond acceptors (Lipinski definition) is 3. The molecule has 1 atom stereocenters. The van der Waals surface area contributed by atoms with Crippen LogP contribution >= 0.6 is 0 Å². The highest BCUT2D eigenvalue weighted by Gasteiger charge is 2.26. The van der Waals surface area contributed by atoms with Gasteiger partial charge in [-0.3, -0.25) is 14.4 Å². The molecule has 5 nitrogen and oxygen atoms in total. The summed E-state index contributed by atoms with van der Waals surface area (Å²) in [6.45, 7) is 4.86. The normalized spacial score (nSPS) is 18.1. The van der Waals surface area contributed by atoms with Crippen LogP contribution in [0.4, 0.5) is 0 Å². The summed E-state index contributed by atoms with van der Waals surface area (Å²) in [5, 5.41) is 4.31. The Labute approximate surface area is 143 Å². The smallest absolute Gasteiger partial charge is 0.244 e. The maximum atomic E-state index is 12.5. The first-order valence-electron chi connectivity index (χ1n) is 8.64. The Bertz CT molecular complexity index is 667. The fourth-order valence-electron chi connectivity index (χ4n) is 3.33. The van der Waals surface area contributed by atoms with Crippen molar-refractivity contribution in [1.29, 1.82) is 0 Å². The fraction of sp³-hybridized carbons (Fsp3) is 0.474. The number of likely N-dealkylation sites (tertiary alicyclic amines) is 1. The summed E-state index contributed by atoms with van der Waals surface area (Å²) >= 11 is 0. The van der Waals surface area contributed by atoms with E-state index in [2.05, 4.69) is 41.3 Å². The lowest BCUT2D eigenvalue weighted by atomic mass is 10.0. The number of carbonyl (C=O) groups is 1. The molecule has 2 heterocycles. The molecule has 0 aliphatic carbocycles. The minimum absolute atomic E-state index is 0.163. The zero-order valence-electron chi connectivity index (χ0n) is 14.6. The molecule has 3 rings (SSSR count). The molecule has 0 spiro atoms. The molecule has 1 aromatic carbocycles. The van der Waals surface area contributed by atoms with Crippen molar-refractivity contribution in [3.8, 4) is 0 Å². The van der Waals surface area contributed by atoms with Gasteiger partial charge < -0.3 is 4.90 Å². The molecule has 1 fully saturated rings. The molecule has 1 amide bonds. The third-order valence-electron chi connectivity index (χ3n) is 4.72. The molecular weight excluding hydrogens is 300 g/mol. The van der Waals surface area contributed by atoms with Crippen LogP contribution < -0.4 is 0 Å². The Morgan fingerprint density at radius 2 is 2.08 bits per heavy atom. The van der Waals surface area contributed by atoms with Gasteiger partial charge in [0.05, 0.1) is 5.69 Å². The third kappa shape index (κ3) is 4.23. The molecule has 1 aliphatic rings. The number of likely N-dealkylation sites (N-methyl/N-ethyl adjacent to an activating group) is 1. The Morgan fingerprint density at radius 3 is 2.79 bits per heavy atom. The van der Waals surface area contributed by atoms with Crippen LogP contribution in [0.3, 0.4) is 0 Å². The van der Waals surface area contributed by atoms with Crippen LogP contribution in [-0.4, -0.2) is 51.7 Å². The van der Waals surface area contributed by atoms with Crippen molar-refractivity contribution in [1.82, 2.24) is 19.6 Å². The summed E-state index contributed by atoms with van der Waals surface area (Å²) in [4.78, 5) is 16.9. The second kappa shape index (κ2) is 7.62. The Balaban J connectivity index is 1.56. The first-order valence-corrected chi connectivity index (χ1v) is 8.64. The van der Waals surface area contributed by atoms with Crippen molar-refractivity contribution in [2.75, 3.05) is 20.1 Å². The quantitative estimate of drug-likeness (QED) is 0.847. The van der Waals surface area contributed by atoms with Gasteiger partial charge in [0, 0.05) is 31.9 Å². The predicted molar refractivity (Wildman–Crippen MR) is 94.5 cm³/mol. The molecule has 1 aliphatic heterocycles. The lowest BCUT2D eigenvalue weighted by Crippen LogP contribution is -2.49. The van der Waals surface area contributed by atoms with E-state index >= 15 is 0 Å². The Kier molecular flexibility index (Phi) is 5.30. The summed E-state index contributed by atoms with van der Waals surface area (Å²) in [6.07, 6.45) is 4.08. The van der Waals surface area contributed by atoms with E-state index in [0.717, 1.165) is 38.2 Å². The van der Waals surface area contributed by atoms with E-state index in [-0.39, 0.29) is 5.91 Å². The van der Waals surface area contributed by atoms with Crippen molar-refractivity contribution in [3.05, 3.63) is 53.9 Å². The topological polar surface area (TPSA) is 41.4 Å². The average molecular weight is 326 g/mol. The molecule has 0 unspecified atom stereocenters. The van der Waals surface area contributed by atoms with Crippen molar-refractivity contribution >= 4 is 5.91 Å². The van der Waals surface area contributed by atoms with Crippen LogP contribution in [0, 0.1) is 6.92 Å². The van der Waals surface area contributed by atoms with E-state index in [1.807, 2.05) is 30.2 Å². The van der Waals surface area contributed by atoms with Gasteiger partial charge in [-0.05, 0) is 38.4 Å². The molecule has 1 saturated heterocycles. The lowest BCUT2D eigenvalue weighted by molar-refractivity contribution is -0.134. The van der Waals surface area contributed by atoms with Crippen LogP contribution in [0.15, 0.2) is 42.6 Å². The van der Waals surface area contributed by atoms with Crippen molar-refractivity contribution in [2.24, 2.45) is 0 Å². The number of rotatable bonds is 5. The zero-order chi connectivity index (χ0) is 16.9. The highest BCUT2D eigenvalue weighted by Crippen LogP contribution is 2.17. The van der Waals surface area contributed by atoms with Crippen LogP contribution in [0.25, 0.3) is 0 Å². The van der Waals surface area contributed by atoms with Gasteiger partial charge in [0.2, 0.25) is 5.91 Å². The predicted octanol–water partition coefficient (Wildman–Crippen LogP) is 2.31. The summed E-state index contributed by atoms with van der Waals surface area (Å²) in [5.41, 5.74) is 2.26. The van der Waals surface area contributed by atoms with Crippen LogP contribution in [0.1, 0.15) is 24.1 Å². The van der Waals surface area contributed by atoms with E-state index < -0.39 is 0 Å². The first kappa shape index (κ1) is 16.7. The SMILES string of the molecule is Cc1ccn(CC(=O)N2CCC[C@H](N(C)Cc3ccccc3)C2)n1. The maximum absolute atomic E-state index is 12.5. The van der Waals surface area contributed by atoms with Gasteiger partial charge in [0.1, 0.15) is 6.54 Å². The van der Waals surface area contributed by atoms with E-state index in [9.17, 15) is 4.79 Å². The van der Waals surface area contributed by atoms with Crippen LogP contribution in [0.5, 0.6) is 0 Å². The number of aryl methyl sites for hydroxylation is 1. The highest BCUT2D eigenvalue weighted by molar-refractivity contribution is 5.76. The number of amides is 1.